The average molecular weight is 277 g/mol. The molecule has 1 saturated heterocycles. The summed E-state index contributed by atoms with van der Waals surface area (Å²) < 4.78 is 0. The number of aromatic nitrogens is 2. The molecule has 0 spiro atoms. The van der Waals surface area contributed by atoms with Gasteiger partial charge < -0.3 is 10.0 Å². The highest BCUT2D eigenvalue weighted by Crippen LogP contribution is 2.11. The van der Waals surface area contributed by atoms with E-state index in [1.165, 1.54) is 18.8 Å². The summed E-state index contributed by atoms with van der Waals surface area (Å²) in [5.41, 5.74) is 0.668. The van der Waals surface area contributed by atoms with Crippen LogP contribution in [0.25, 0.3) is 0 Å². The third-order valence-electron chi connectivity index (χ3n) is 3.48. The fourth-order valence-corrected chi connectivity index (χ4v) is 2.37. The van der Waals surface area contributed by atoms with Crippen molar-refractivity contribution in [2.45, 2.75) is 38.5 Å². The molecule has 0 unspecified atom stereocenters. The van der Waals surface area contributed by atoms with Crippen LogP contribution in [0.3, 0.4) is 0 Å². The van der Waals surface area contributed by atoms with Gasteiger partial charge in [-0.3, -0.25) is 4.79 Å². The number of likely N-dealkylation sites (tertiary alicyclic amines) is 1. The van der Waals surface area contributed by atoms with Gasteiger partial charge in [-0.25, -0.2) is 14.8 Å². The van der Waals surface area contributed by atoms with Gasteiger partial charge in [0.15, 0.2) is 5.69 Å². The first-order valence-electron chi connectivity index (χ1n) is 6.99. The van der Waals surface area contributed by atoms with Crippen LogP contribution < -0.4 is 0 Å². The maximum absolute atomic E-state index is 12.0. The number of hydrogen-bond acceptors (Lipinski definition) is 4. The quantitative estimate of drug-likeness (QED) is 0.882. The zero-order valence-corrected chi connectivity index (χ0v) is 11.4. The molecule has 1 aliphatic heterocycles. The van der Waals surface area contributed by atoms with Crippen LogP contribution in [-0.4, -0.2) is 44.9 Å². The molecule has 2 heterocycles. The molecule has 0 atom stereocenters. The van der Waals surface area contributed by atoms with Gasteiger partial charge in [-0.05, 0) is 38.2 Å². The molecule has 2 rings (SSSR count). The molecule has 1 amide bonds. The summed E-state index contributed by atoms with van der Waals surface area (Å²) in [4.78, 5) is 32.4. The van der Waals surface area contributed by atoms with Crippen LogP contribution in [0.2, 0.25) is 0 Å². The molecule has 1 aromatic rings. The molecule has 0 bridgehead atoms. The Bertz CT molecular complexity index is 484. The van der Waals surface area contributed by atoms with Crippen molar-refractivity contribution in [1.29, 1.82) is 0 Å². The lowest BCUT2D eigenvalue weighted by Crippen LogP contribution is -2.35. The number of carboxylic acid groups (broad SMARTS) is 1. The first-order valence-corrected chi connectivity index (χ1v) is 6.99. The van der Waals surface area contributed by atoms with E-state index < -0.39 is 5.97 Å². The monoisotopic (exact) mass is 277 g/mol. The van der Waals surface area contributed by atoms with Crippen LogP contribution in [0, 0.1) is 0 Å². The van der Waals surface area contributed by atoms with Gasteiger partial charge in [0.2, 0.25) is 5.91 Å². The van der Waals surface area contributed by atoms with Crippen molar-refractivity contribution >= 4 is 11.9 Å². The average Bonchev–Trinajstić information content (AvgIpc) is 2.48. The molecule has 20 heavy (non-hydrogen) atoms. The Balaban J connectivity index is 1.79. The maximum atomic E-state index is 12.0. The lowest BCUT2D eigenvalue weighted by molar-refractivity contribution is -0.132. The van der Waals surface area contributed by atoms with Crippen molar-refractivity contribution in [1.82, 2.24) is 14.9 Å². The minimum Gasteiger partial charge on any atom is -0.477 e. The Labute approximate surface area is 117 Å². The highest BCUT2D eigenvalue weighted by atomic mass is 16.4. The molecule has 1 aromatic heterocycles. The number of amides is 1. The molecule has 0 aromatic carbocycles. The summed E-state index contributed by atoms with van der Waals surface area (Å²) in [6.07, 6.45) is 6.44. The van der Waals surface area contributed by atoms with Gasteiger partial charge in [0.1, 0.15) is 6.33 Å². The highest BCUT2D eigenvalue weighted by Gasteiger charge is 2.16. The number of rotatable bonds is 5. The number of carboxylic acids is 1. The molecule has 6 heteroatoms. The fraction of sp³-hybridized carbons (Fsp3) is 0.571. The molecule has 0 aliphatic carbocycles. The molecule has 108 valence electrons. The van der Waals surface area contributed by atoms with Crippen LogP contribution in [0.4, 0.5) is 0 Å². The van der Waals surface area contributed by atoms with Gasteiger partial charge in [0, 0.05) is 25.2 Å². The molecule has 1 N–H and O–H groups in total. The van der Waals surface area contributed by atoms with Gasteiger partial charge in [0.25, 0.3) is 0 Å². The molecule has 1 fully saturated rings. The van der Waals surface area contributed by atoms with Crippen LogP contribution in [0.1, 0.15) is 48.3 Å². The topological polar surface area (TPSA) is 83.4 Å². The Morgan fingerprint density at radius 2 is 1.95 bits per heavy atom. The van der Waals surface area contributed by atoms with E-state index >= 15 is 0 Å². The molecular formula is C14H19N3O3. The van der Waals surface area contributed by atoms with Crippen molar-refractivity contribution in [3.05, 3.63) is 23.8 Å². The Hall–Kier alpha value is -1.98. The lowest BCUT2D eigenvalue weighted by atomic mass is 10.1. The van der Waals surface area contributed by atoms with E-state index in [0.717, 1.165) is 25.9 Å². The molecule has 0 saturated carbocycles. The van der Waals surface area contributed by atoms with E-state index in [4.69, 9.17) is 5.11 Å². The van der Waals surface area contributed by atoms with Crippen LogP contribution in [0.5, 0.6) is 0 Å². The van der Waals surface area contributed by atoms with Crippen LogP contribution in [-0.2, 0) is 11.2 Å². The summed E-state index contributed by atoms with van der Waals surface area (Å²) in [6.45, 7) is 1.74. The predicted octanol–water partition coefficient (Wildman–Crippen LogP) is 1.51. The largest absolute Gasteiger partial charge is 0.477 e. The van der Waals surface area contributed by atoms with Crippen molar-refractivity contribution in [3.8, 4) is 0 Å². The first-order chi connectivity index (χ1) is 9.66. The van der Waals surface area contributed by atoms with Crippen LogP contribution >= 0.6 is 0 Å². The highest BCUT2D eigenvalue weighted by molar-refractivity contribution is 5.85. The standard InChI is InChI=1S/C14H19N3O3/c18-13(17-7-2-1-3-8-17)6-4-5-11-9-12(14(19)20)16-10-15-11/h9-10H,1-8H2,(H,19,20). The first kappa shape index (κ1) is 14.4. The van der Waals surface area contributed by atoms with Gasteiger partial charge in [-0.15, -0.1) is 0 Å². The summed E-state index contributed by atoms with van der Waals surface area (Å²) in [5.74, 6) is -0.866. The van der Waals surface area contributed by atoms with E-state index in [1.807, 2.05) is 4.90 Å². The van der Waals surface area contributed by atoms with E-state index in [2.05, 4.69) is 9.97 Å². The number of aromatic carboxylic acids is 1. The number of hydrogen-bond donors (Lipinski definition) is 1. The summed E-state index contributed by atoms with van der Waals surface area (Å²) in [7, 11) is 0. The smallest absolute Gasteiger partial charge is 0.354 e. The second kappa shape index (κ2) is 6.98. The number of carbonyl (C=O) groups is 2. The third-order valence-corrected chi connectivity index (χ3v) is 3.48. The summed E-state index contributed by atoms with van der Waals surface area (Å²) in [5, 5.41) is 8.84. The van der Waals surface area contributed by atoms with Crippen molar-refractivity contribution < 1.29 is 14.7 Å². The summed E-state index contributed by atoms with van der Waals surface area (Å²) >= 11 is 0. The minimum atomic E-state index is -1.06. The molecule has 1 aliphatic rings. The predicted molar refractivity (Wildman–Crippen MR) is 72.4 cm³/mol. The SMILES string of the molecule is O=C(O)c1cc(CCCC(=O)N2CCCCC2)ncn1. The normalized spacial score (nSPS) is 15.1. The zero-order chi connectivity index (χ0) is 14.4. The Kier molecular flexibility index (Phi) is 5.03. The van der Waals surface area contributed by atoms with Gasteiger partial charge in [-0.1, -0.05) is 0 Å². The second-order valence-electron chi connectivity index (χ2n) is 4.99. The molecule has 6 nitrogen and oxygen atoms in total. The van der Waals surface area contributed by atoms with Crippen molar-refractivity contribution in [2.75, 3.05) is 13.1 Å². The van der Waals surface area contributed by atoms with E-state index in [0.29, 0.717) is 25.0 Å². The second-order valence-corrected chi connectivity index (χ2v) is 4.99. The molecule has 0 radical (unpaired) electrons. The fourth-order valence-electron chi connectivity index (χ4n) is 2.37. The maximum Gasteiger partial charge on any atom is 0.354 e. The number of carbonyl (C=O) groups excluding carboxylic acids is 1. The summed E-state index contributed by atoms with van der Waals surface area (Å²) in [6, 6.07) is 1.47. The van der Waals surface area contributed by atoms with Gasteiger partial charge in [0.05, 0.1) is 0 Å². The Morgan fingerprint density at radius 1 is 1.20 bits per heavy atom. The van der Waals surface area contributed by atoms with E-state index in [-0.39, 0.29) is 11.6 Å². The van der Waals surface area contributed by atoms with Crippen molar-refractivity contribution in [3.63, 3.8) is 0 Å². The van der Waals surface area contributed by atoms with E-state index in [9.17, 15) is 9.59 Å². The number of aryl methyl sites for hydroxylation is 1. The number of nitrogens with zero attached hydrogens (tertiary/aromatic N) is 3. The van der Waals surface area contributed by atoms with E-state index in [1.54, 1.807) is 0 Å². The zero-order valence-electron chi connectivity index (χ0n) is 11.4. The van der Waals surface area contributed by atoms with Gasteiger partial charge in [-0.2, -0.15) is 0 Å². The third kappa shape index (κ3) is 4.01. The Morgan fingerprint density at radius 3 is 2.65 bits per heavy atom. The van der Waals surface area contributed by atoms with Crippen LogP contribution in [0.15, 0.2) is 12.4 Å². The minimum absolute atomic E-state index is 0.00245. The molecular weight excluding hydrogens is 258 g/mol. The van der Waals surface area contributed by atoms with Gasteiger partial charge >= 0.3 is 5.97 Å². The lowest BCUT2D eigenvalue weighted by Gasteiger charge is -2.26. The van der Waals surface area contributed by atoms with Crippen molar-refractivity contribution in [2.24, 2.45) is 0 Å². The number of piperidine rings is 1.